The van der Waals surface area contributed by atoms with Crippen LogP contribution in [0, 0.1) is 5.92 Å². The summed E-state index contributed by atoms with van der Waals surface area (Å²) >= 11 is 1.41. The first kappa shape index (κ1) is 15.3. The molecule has 0 spiro atoms. The fourth-order valence-electron chi connectivity index (χ4n) is 2.56. The summed E-state index contributed by atoms with van der Waals surface area (Å²) in [6.45, 7) is 3.46. The fraction of sp³-hybridized carbons (Fsp3) is 0.562. The number of amides is 2. The van der Waals surface area contributed by atoms with Crippen LogP contribution in [0.3, 0.4) is 0 Å². The number of hydrogen-bond acceptors (Lipinski definition) is 4. The van der Waals surface area contributed by atoms with E-state index in [0.717, 1.165) is 23.7 Å². The molecule has 118 valence electrons. The van der Waals surface area contributed by atoms with Crippen LogP contribution in [-0.2, 0) is 9.59 Å². The van der Waals surface area contributed by atoms with Crippen molar-refractivity contribution in [2.24, 2.45) is 5.92 Å². The minimum absolute atomic E-state index is 0.0221. The van der Waals surface area contributed by atoms with Crippen molar-refractivity contribution in [3.05, 3.63) is 18.3 Å². The van der Waals surface area contributed by atoms with Gasteiger partial charge in [-0.3, -0.25) is 9.59 Å². The summed E-state index contributed by atoms with van der Waals surface area (Å²) < 4.78 is 0. The van der Waals surface area contributed by atoms with E-state index in [1.165, 1.54) is 24.6 Å². The Hall–Kier alpha value is -1.56. The summed E-state index contributed by atoms with van der Waals surface area (Å²) in [4.78, 5) is 30.9. The molecule has 1 fully saturated rings. The van der Waals surface area contributed by atoms with Crippen LogP contribution in [0.4, 0.5) is 5.69 Å². The number of nitrogens with one attached hydrogen (secondary N) is 1. The zero-order chi connectivity index (χ0) is 15.5. The van der Waals surface area contributed by atoms with E-state index in [2.05, 4.69) is 10.3 Å². The van der Waals surface area contributed by atoms with Gasteiger partial charge in [-0.05, 0) is 37.3 Å². The van der Waals surface area contributed by atoms with Crippen LogP contribution in [0.15, 0.2) is 23.4 Å². The number of anilines is 1. The summed E-state index contributed by atoms with van der Waals surface area (Å²) in [5.74, 6) is 0.639. The smallest absolute Gasteiger partial charge is 0.241 e. The number of hydrogen-bond donors (Lipinski definition) is 1. The van der Waals surface area contributed by atoms with Crippen molar-refractivity contribution in [3.63, 3.8) is 0 Å². The Morgan fingerprint density at radius 3 is 3.05 bits per heavy atom. The Kier molecular flexibility index (Phi) is 4.66. The van der Waals surface area contributed by atoms with Gasteiger partial charge < -0.3 is 10.2 Å². The topological polar surface area (TPSA) is 62.3 Å². The normalized spacial score (nSPS) is 20.7. The van der Waals surface area contributed by atoms with Crippen molar-refractivity contribution in [1.29, 1.82) is 0 Å². The first-order valence-electron chi connectivity index (χ1n) is 7.88. The number of rotatable bonds is 6. The van der Waals surface area contributed by atoms with Gasteiger partial charge in [-0.1, -0.05) is 18.7 Å². The highest BCUT2D eigenvalue weighted by atomic mass is 32.2. The fourth-order valence-corrected chi connectivity index (χ4v) is 3.71. The van der Waals surface area contributed by atoms with Gasteiger partial charge in [0, 0.05) is 25.7 Å². The summed E-state index contributed by atoms with van der Waals surface area (Å²) in [5, 5.41) is 3.42. The number of pyridine rings is 1. The van der Waals surface area contributed by atoms with Crippen molar-refractivity contribution in [2.45, 2.75) is 42.9 Å². The SMILES string of the molecule is CCCN1C(=O)[C@@H](CC(=O)NCC2CC2)Sc2ncccc21. The molecular formula is C16H21N3O2S. The lowest BCUT2D eigenvalue weighted by molar-refractivity contribution is -0.124. The van der Waals surface area contributed by atoms with E-state index < -0.39 is 0 Å². The zero-order valence-corrected chi connectivity index (χ0v) is 13.6. The van der Waals surface area contributed by atoms with E-state index in [1.54, 1.807) is 11.1 Å². The molecule has 1 aromatic heterocycles. The lowest BCUT2D eigenvalue weighted by atomic mass is 10.2. The average molecular weight is 319 g/mol. The van der Waals surface area contributed by atoms with Gasteiger partial charge in [0.2, 0.25) is 11.8 Å². The van der Waals surface area contributed by atoms with Crippen molar-refractivity contribution < 1.29 is 9.59 Å². The molecule has 0 saturated heterocycles. The van der Waals surface area contributed by atoms with E-state index in [9.17, 15) is 9.59 Å². The molecule has 5 nitrogen and oxygen atoms in total. The molecule has 3 rings (SSSR count). The summed E-state index contributed by atoms with van der Waals surface area (Å²) in [5.41, 5.74) is 0.869. The number of carbonyl (C=O) groups excluding carboxylic acids is 2. The lowest BCUT2D eigenvalue weighted by Crippen LogP contribution is -2.43. The molecule has 1 aliphatic heterocycles. The van der Waals surface area contributed by atoms with Crippen molar-refractivity contribution in [1.82, 2.24) is 10.3 Å². The largest absolute Gasteiger partial charge is 0.356 e. The molecule has 0 aromatic carbocycles. The zero-order valence-electron chi connectivity index (χ0n) is 12.7. The predicted octanol–water partition coefficient (Wildman–Crippen LogP) is 2.22. The van der Waals surface area contributed by atoms with Crippen molar-refractivity contribution >= 4 is 29.3 Å². The molecule has 1 atom stereocenters. The lowest BCUT2D eigenvalue weighted by Gasteiger charge is -2.32. The van der Waals surface area contributed by atoms with Gasteiger partial charge in [0.15, 0.2) is 0 Å². The molecule has 1 aromatic rings. The maximum atomic E-state index is 12.7. The van der Waals surface area contributed by atoms with E-state index in [0.29, 0.717) is 12.5 Å². The van der Waals surface area contributed by atoms with Crippen molar-refractivity contribution in [2.75, 3.05) is 18.0 Å². The maximum absolute atomic E-state index is 12.7. The Balaban J connectivity index is 1.69. The molecule has 6 heteroatoms. The molecule has 2 amide bonds. The third kappa shape index (κ3) is 3.43. The van der Waals surface area contributed by atoms with Crippen LogP contribution in [0.5, 0.6) is 0 Å². The Bertz CT molecular complexity index is 574. The summed E-state index contributed by atoms with van der Waals surface area (Å²) in [7, 11) is 0. The number of fused-ring (bicyclic) bond motifs is 1. The second-order valence-electron chi connectivity index (χ2n) is 5.88. The van der Waals surface area contributed by atoms with Gasteiger partial charge in [0.25, 0.3) is 0 Å². The molecule has 2 heterocycles. The second-order valence-corrected chi connectivity index (χ2v) is 7.07. The van der Waals surface area contributed by atoms with Gasteiger partial charge in [-0.25, -0.2) is 4.98 Å². The van der Waals surface area contributed by atoms with Gasteiger partial charge in [0.1, 0.15) is 5.03 Å². The van der Waals surface area contributed by atoms with E-state index in [-0.39, 0.29) is 23.5 Å². The monoisotopic (exact) mass is 319 g/mol. The standard InChI is InChI=1S/C16H21N3O2S/c1-2-8-19-12-4-3-7-17-15(12)22-13(16(19)21)9-14(20)18-10-11-5-6-11/h3-4,7,11,13H,2,5-6,8-10H2,1H3,(H,18,20)/t13-/m1/s1. The Morgan fingerprint density at radius 1 is 1.50 bits per heavy atom. The molecule has 1 aliphatic carbocycles. The van der Waals surface area contributed by atoms with Crippen molar-refractivity contribution in [3.8, 4) is 0 Å². The highest BCUT2D eigenvalue weighted by Gasteiger charge is 2.35. The third-order valence-electron chi connectivity index (χ3n) is 3.94. The number of nitrogens with zero attached hydrogens (tertiary/aromatic N) is 2. The van der Waals surface area contributed by atoms with Gasteiger partial charge in [-0.15, -0.1) is 0 Å². The van der Waals surface area contributed by atoms with Gasteiger partial charge in [-0.2, -0.15) is 0 Å². The predicted molar refractivity (Wildman–Crippen MR) is 86.9 cm³/mol. The van der Waals surface area contributed by atoms with Crippen LogP contribution >= 0.6 is 11.8 Å². The Morgan fingerprint density at radius 2 is 2.32 bits per heavy atom. The summed E-state index contributed by atoms with van der Waals surface area (Å²) in [6, 6.07) is 3.77. The number of carbonyl (C=O) groups is 2. The first-order valence-corrected chi connectivity index (χ1v) is 8.76. The summed E-state index contributed by atoms with van der Waals surface area (Å²) in [6.07, 6.45) is 5.26. The Labute approximate surface area is 134 Å². The van der Waals surface area contributed by atoms with Gasteiger partial charge >= 0.3 is 0 Å². The molecule has 0 unspecified atom stereocenters. The molecule has 22 heavy (non-hydrogen) atoms. The van der Waals surface area contributed by atoms with Crippen LogP contribution < -0.4 is 10.2 Å². The quantitative estimate of drug-likeness (QED) is 0.873. The van der Waals surface area contributed by atoms with Crippen LogP contribution in [0.2, 0.25) is 0 Å². The van der Waals surface area contributed by atoms with Gasteiger partial charge in [0.05, 0.1) is 10.9 Å². The van der Waals surface area contributed by atoms with E-state index in [1.807, 2.05) is 19.1 Å². The minimum atomic E-state index is -0.367. The number of aromatic nitrogens is 1. The molecule has 0 radical (unpaired) electrons. The minimum Gasteiger partial charge on any atom is -0.356 e. The molecular weight excluding hydrogens is 298 g/mol. The maximum Gasteiger partial charge on any atom is 0.241 e. The molecule has 1 N–H and O–H groups in total. The van der Waals surface area contributed by atoms with E-state index >= 15 is 0 Å². The number of thioether (sulfide) groups is 1. The van der Waals surface area contributed by atoms with E-state index in [4.69, 9.17) is 0 Å². The highest BCUT2D eigenvalue weighted by Crippen LogP contribution is 2.38. The third-order valence-corrected chi connectivity index (χ3v) is 5.13. The average Bonchev–Trinajstić information content (AvgIpc) is 3.34. The second kappa shape index (κ2) is 6.69. The molecule has 2 aliphatic rings. The highest BCUT2D eigenvalue weighted by molar-refractivity contribution is 8.00. The molecule has 0 bridgehead atoms. The van der Waals surface area contributed by atoms with Crippen LogP contribution in [0.1, 0.15) is 32.6 Å². The molecule has 1 saturated carbocycles. The van der Waals surface area contributed by atoms with Crippen LogP contribution in [-0.4, -0.2) is 35.1 Å². The first-order chi connectivity index (χ1) is 10.7. The van der Waals surface area contributed by atoms with Crippen LogP contribution in [0.25, 0.3) is 0 Å².